The van der Waals surface area contributed by atoms with Gasteiger partial charge in [-0.1, -0.05) is 47.6 Å². The number of hydrogen-bond acceptors (Lipinski definition) is 3. The highest BCUT2D eigenvalue weighted by atomic mass is 16.3. The molecule has 2 aromatic rings. The van der Waals surface area contributed by atoms with Crippen LogP contribution in [0.25, 0.3) is 0 Å². The van der Waals surface area contributed by atoms with Crippen LogP contribution in [0.15, 0.2) is 36.4 Å². The maximum Gasteiger partial charge on any atom is 0.259 e. The number of phenolic OH excluding ortho intramolecular Hbond substituents is 1. The van der Waals surface area contributed by atoms with E-state index in [-0.39, 0.29) is 22.5 Å². The Kier molecular flexibility index (Phi) is 5.60. The van der Waals surface area contributed by atoms with Gasteiger partial charge in [-0.15, -0.1) is 0 Å². The van der Waals surface area contributed by atoms with Crippen molar-refractivity contribution in [1.82, 2.24) is 0 Å². The van der Waals surface area contributed by atoms with Gasteiger partial charge in [-0.3, -0.25) is 4.79 Å². The summed E-state index contributed by atoms with van der Waals surface area (Å²) in [6, 6.07) is 11.4. The van der Waals surface area contributed by atoms with Crippen LogP contribution in [0.4, 0.5) is 11.4 Å². The van der Waals surface area contributed by atoms with Gasteiger partial charge in [0.1, 0.15) is 5.75 Å². The topological polar surface area (TPSA) is 52.6 Å². The number of carbonyl (C=O) groups excluding carboxylic acids is 1. The van der Waals surface area contributed by atoms with Crippen molar-refractivity contribution in [3.63, 3.8) is 0 Å². The summed E-state index contributed by atoms with van der Waals surface area (Å²) in [6.07, 6.45) is 0. The number of anilines is 2. The Morgan fingerprint density at radius 3 is 1.93 bits per heavy atom. The van der Waals surface area contributed by atoms with E-state index in [0.717, 1.165) is 16.8 Å². The molecule has 4 nitrogen and oxygen atoms in total. The number of benzene rings is 2. The number of amides is 1. The second-order valence-corrected chi connectivity index (χ2v) is 9.32. The largest absolute Gasteiger partial charge is 0.507 e. The predicted molar refractivity (Wildman–Crippen MR) is 114 cm³/mol. The van der Waals surface area contributed by atoms with E-state index >= 15 is 0 Å². The first-order valence-corrected chi connectivity index (χ1v) is 9.27. The van der Waals surface area contributed by atoms with Crippen molar-refractivity contribution in [2.45, 2.75) is 52.4 Å². The Labute approximate surface area is 163 Å². The number of carbonyl (C=O) groups is 1. The molecular weight excluding hydrogens is 336 g/mol. The van der Waals surface area contributed by atoms with E-state index in [1.807, 2.05) is 70.1 Å². The van der Waals surface area contributed by atoms with Crippen LogP contribution < -0.4 is 10.2 Å². The highest BCUT2D eigenvalue weighted by Crippen LogP contribution is 2.38. The zero-order valence-electron chi connectivity index (χ0n) is 17.8. The summed E-state index contributed by atoms with van der Waals surface area (Å²) in [7, 11) is 3.94. The lowest BCUT2D eigenvalue weighted by atomic mass is 9.79. The number of hydrogen-bond donors (Lipinski definition) is 2. The molecule has 0 aromatic heterocycles. The Bertz CT molecular complexity index is 823. The Hall–Kier alpha value is -2.49. The summed E-state index contributed by atoms with van der Waals surface area (Å²) < 4.78 is 0. The molecule has 146 valence electrons. The maximum absolute atomic E-state index is 12.9. The lowest BCUT2D eigenvalue weighted by molar-refractivity contribution is 0.102. The first kappa shape index (κ1) is 20.8. The van der Waals surface area contributed by atoms with Crippen LogP contribution in [-0.2, 0) is 10.8 Å². The Morgan fingerprint density at radius 2 is 1.48 bits per heavy atom. The summed E-state index contributed by atoms with van der Waals surface area (Å²) in [5.41, 5.74) is 3.47. The normalized spacial score (nSPS) is 12.0. The first-order chi connectivity index (χ1) is 12.3. The number of phenols is 1. The molecule has 0 unspecified atom stereocenters. The lowest BCUT2D eigenvalue weighted by Gasteiger charge is -2.27. The highest BCUT2D eigenvalue weighted by molar-refractivity contribution is 6.06. The van der Waals surface area contributed by atoms with Gasteiger partial charge in [0, 0.05) is 31.0 Å². The molecule has 0 aliphatic carbocycles. The van der Waals surface area contributed by atoms with Crippen molar-refractivity contribution in [1.29, 1.82) is 0 Å². The number of aromatic hydroxyl groups is 1. The van der Waals surface area contributed by atoms with E-state index in [0.29, 0.717) is 11.3 Å². The third-order valence-corrected chi connectivity index (χ3v) is 4.67. The molecule has 1 amide bonds. The number of rotatable bonds is 3. The summed E-state index contributed by atoms with van der Waals surface area (Å²) in [6.45, 7) is 12.4. The van der Waals surface area contributed by atoms with Gasteiger partial charge >= 0.3 is 0 Å². The minimum absolute atomic E-state index is 0.0536. The van der Waals surface area contributed by atoms with Gasteiger partial charge in [-0.25, -0.2) is 0 Å². The molecule has 27 heavy (non-hydrogen) atoms. The van der Waals surface area contributed by atoms with Crippen LogP contribution in [0.5, 0.6) is 5.75 Å². The Balaban J connectivity index is 2.45. The van der Waals surface area contributed by atoms with E-state index in [1.165, 1.54) is 0 Å². The summed E-state index contributed by atoms with van der Waals surface area (Å²) in [5.74, 6) is -0.250. The van der Waals surface area contributed by atoms with Gasteiger partial charge in [0.15, 0.2) is 0 Å². The van der Waals surface area contributed by atoms with Gasteiger partial charge in [0.2, 0.25) is 0 Å². The zero-order valence-corrected chi connectivity index (χ0v) is 17.8. The molecule has 0 aliphatic rings. The van der Waals surface area contributed by atoms with Crippen LogP contribution in [0, 0.1) is 0 Å². The molecule has 0 saturated heterocycles. The van der Waals surface area contributed by atoms with E-state index in [2.05, 4.69) is 26.1 Å². The van der Waals surface area contributed by atoms with Crippen molar-refractivity contribution < 1.29 is 9.90 Å². The van der Waals surface area contributed by atoms with Gasteiger partial charge in [-0.2, -0.15) is 0 Å². The molecule has 2 rings (SSSR count). The Morgan fingerprint density at radius 1 is 0.926 bits per heavy atom. The first-order valence-electron chi connectivity index (χ1n) is 9.27. The molecule has 0 bridgehead atoms. The molecule has 2 aromatic carbocycles. The third-order valence-electron chi connectivity index (χ3n) is 4.67. The summed E-state index contributed by atoms with van der Waals surface area (Å²) >= 11 is 0. The van der Waals surface area contributed by atoms with Gasteiger partial charge in [-0.05, 0) is 46.7 Å². The molecule has 4 heteroatoms. The van der Waals surface area contributed by atoms with Crippen LogP contribution in [-0.4, -0.2) is 25.1 Å². The summed E-state index contributed by atoms with van der Waals surface area (Å²) in [4.78, 5) is 14.9. The molecule has 2 N–H and O–H groups in total. The molecule has 0 saturated carbocycles. The van der Waals surface area contributed by atoms with Crippen molar-refractivity contribution in [2.75, 3.05) is 24.3 Å². The molecule has 0 heterocycles. The van der Waals surface area contributed by atoms with Crippen molar-refractivity contribution in [3.05, 3.63) is 53.1 Å². The van der Waals surface area contributed by atoms with Gasteiger partial charge < -0.3 is 15.3 Å². The standard InChI is InChI=1S/C23H32N2O2/c1-22(2,3)15-13-18(20(26)19(14-15)23(4,5)6)21(27)24-16-9-11-17(12-10-16)25(7)8/h9-14,26H,1-8H3,(H,24,27). The van der Waals surface area contributed by atoms with Crippen molar-refractivity contribution >= 4 is 17.3 Å². The molecule has 0 spiro atoms. The maximum atomic E-state index is 12.9. The number of nitrogens with zero attached hydrogens (tertiary/aromatic N) is 1. The molecule has 0 atom stereocenters. The monoisotopic (exact) mass is 368 g/mol. The quantitative estimate of drug-likeness (QED) is 0.772. The van der Waals surface area contributed by atoms with E-state index < -0.39 is 0 Å². The fourth-order valence-corrected chi connectivity index (χ4v) is 2.85. The lowest BCUT2D eigenvalue weighted by Crippen LogP contribution is -2.20. The molecular formula is C23H32N2O2. The fraction of sp³-hybridized carbons (Fsp3) is 0.435. The van der Waals surface area contributed by atoms with Crippen molar-refractivity contribution in [2.24, 2.45) is 0 Å². The molecule has 0 radical (unpaired) electrons. The zero-order chi connectivity index (χ0) is 20.6. The molecule has 0 aliphatic heterocycles. The van der Waals surface area contributed by atoms with Gasteiger partial charge in [0.05, 0.1) is 5.56 Å². The third kappa shape index (κ3) is 4.82. The minimum Gasteiger partial charge on any atom is -0.507 e. The second-order valence-electron chi connectivity index (χ2n) is 9.32. The SMILES string of the molecule is CN(C)c1ccc(NC(=O)c2cc(C(C)(C)C)cc(C(C)(C)C)c2O)cc1. The van der Waals surface area contributed by atoms with Crippen LogP contribution >= 0.6 is 0 Å². The molecule has 0 fully saturated rings. The van der Waals surface area contributed by atoms with Crippen molar-refractivity contribution in [3.8, 4) is 5.75 Å². The van der Waals surface area contributed by atoms with E-state index in [9.17, 15) is 9.90 Å². The average Bonchev–Trinajstić information content (AvgIpc) is 2.53. The van der Waals surface area contributed by atoms with E-state index in [4.69, 9.17) is 0 Å². The second kappa shape index (κ2) is 7.26. The predicted octanol–water partition coefficient (Wildman–Crippen LogP) is 5.31. The smallest absolute Gasteiger partial charge is 0.259 e. The van der Waals surface area contributed by atoms with Gasteiger partial charge in [0.25, 0.3) is 5.91 Å². The highest BCUT2D eigenvalue weighted by Gasteiger charge is 2.27. The fourth-order valence-electron chi connectivity index (χ4n) is 2.85. The van der Waals surface area contributed by atoms with Crippen LogP contribution in [0.1, 0.15) is 63.0 Å². The average molecular weight is 369 g/mol. The van der Waals surface area contributed by atoms with E-state index in [1.54, 1.807) is 6.07 Å². The van der Waals surface area contributed by atoms with Crippen LogP contribution in [0.3, 0.4) is 0 Å². The minimum atomic E-state index is -0.304. The summed E-state index contributed by atoms with van der Waals surface area (Å²) in [5, 5.41) is 13.7. The van der Waals surface area contributed by atoms with Crippen LogP contribution in [0.2, 0.25) is 0 Å². The number of nitrogens with one attached hydrogen (secondary N) is 1.